The Kier molecular flexibility index (Phi) is 3.14. The molecule has 0 spiro atoms. The topological polar surface area (TPSA) is 61.5 Å². The fourth-order valence-electron chi connectivity index (χ4n) is 0.222. The van der Waals surface area contributed by atoms with Gasteiger partial charge in [-0.15, -0.1) is 0 Å². The van der Waals surface area contributed by atoms with Gasteiger partial charge in [-0.3, -0.25) is 4.84 Å². The Morgan fingerprint density at radius 3 is 2.38 bits per heavy atom. The third-order valence-corrected chi connectivity index (χ3v) is 0.737. The number of esters is 1. The number of ether oxygens (including phenoxy) is 1. The molecule has 0 saturated carbocycles. The van der Waals surface area contributed by atoms with Gasteiger partial charge in [-0.25, -0.2) is 10.7 Å². The zero-order chi connectivity index (χ0) is 6.57. The fraction of sp³-hybridized carbons (Fsp3) is 0.750. The van der Waals surface area contributed by atoms with E-state index in [1.807, 2.05) is 0 Å². The molecule has 0 amide bonds. The van der Waals surface area contributed by atoms with Gasteiger partial charge < -0.3 is 4.74 Å². The van der Waals surface area contributed by atoms with E-state index < -0.39 is 12.1 Å². The molecule has 0 bridgehead atoms. The number of hydrogen-bond acceptors (Lipinski definition) is 4. The van der Waals surface area contributed by atoms with E-state index in [1.54, 1.807) is 0 Å². The highest BCUT2D eigenvalue weighted by atomic mass is 16.6. The zero-order valence-corrected chi connectivity index (χ0v) is 4.88. The van der Waals surface area contributed by atoms with Crippen molar-refractivity contribution in [1.82, 2.24) is 0 Å². The van der Waals surface area contributed by atoms with Crippen LogP contribution in [0.2, 0.25) is 0 Å². The van der Waals surface area contributed by atoms with Crippen LogP contribution in [0.5, 0.6) is 0 Å². The van der Waals surface area contributed by atoms with E-state index in [1.165, 1.54) is 14.0 Å². The summed E-state index contributed by atoms with van der Waals surface area (Å²) in [6.45, 7) is 1.51. The van der Waals surface area contributed by atoms with Crippen LogP contribution in [0.25, 0.3) is 0 Å². The molecule has 1 atom stereocenters. The fourth-order valence-corrected chi connectivity index (χ4v) is 0.222. The zero-order valence-electron chi connectivity index (χ0n) is 4.88. The van der Waals surface area contributed by atoms with E-state index in [9.17, 15) is 4.79 Å². The maximum atomic E-state index is 10.3. The molecular weight excluding hydrogens is 110 g/mol. The summed E-state index contributed by atoms with van der Waals surface area (Å²) in [6.07, 6.45) is -0.667. The molecule has 0 aromatic carbocycles. The first-order valence-electron chi connectivity index (χ1n) is 2.15. The van der Waals surface area contributed by atoms with Gasteiger partial charge in [0, 0.05) is 0 Å². The number of carbonyl (C=O) groups excluding carboxylic acids is 1. The van der Waals surface area contributed by atoms with Crippen LogP contribution in [0.15, 0.2) is 0 Å². The second kappa shape index (κ2) is 3.40. The molecule has 0 rings (SSSR count). The van der Waals surface area contributed by atoms with Gasteiger partial charge in [0.05, 0.1) is 7.11 Å². The van der Waals surface area contributed by atoms with Crippen molar-refractivity contribution < 1.29 is 14.4 Å². The number of carbonyl (C=O) groups is 1. The third-order valence-electron chi connectivity index (χ3n) is 0.737. The molecule has 0 fully saturated rings. The van der Waals surface area contributed by atoms with E-state index in [-0.39, 0.29) is 0 Å². The summed E-state index contributed by atoms with van der Waals surface area (Å²) < 4.78 is 4.26. The Balaban J connectivity index is 3.46. The molecule has 2 N–H and O–H groups in total. The van der Waals surface area contributed by atoms with Crippen LogP contribution in [-0.4, -0.2) is 19.2 Å². The van der Waals surface area contributed by atoms with E-state index in [0.717, 1.165) is 0 Å². The van der Waals surface area contributed by atoms with Crippen molar-refractivity contribution in [2.75, 3.05) is 7.11 Å². The average molecular weight is 119 g/mol. The first-order valence-corrected chi connectivity index (χ1v) is 2.15. The van der Waals surface area contributed by atoms with Crippen molar-refractivity contribution in [3.05, 3.63) is 0 Å². The Morgan fingerprint density at radius 1 is 1.75 bits per heavy atom. The third kappa shape index (κ3) is 1.90. The molecule has 0 heterocycles. The monoisotopic (exact) mass is 119 g/mol. The Morgan fingerprint density at radius 2 is 2.25 bits per heavy atom. The standard InChI is InChI=1S/C4H9NO3/c1-3(8-5)4(6)7-2/h3H,5H2,1-2H3/t3-/m0/s1. The highest BCUT2D eigenvalue weighted by molar-refractivity contribution is 5.73. The molecule has 4 heteroatoms. The van der Waals surface area contributed by atoms with Crippen LogP contribution >= 0.6 is 0 Å². The summed E-state index contributed by atoms with van der Waals surface area (Å²) in [4.78, 5) is 14.4. The van der Waals surface area contributed by atoms with Gasteiger partial charge in [0.25, 0.3) is 0 Å². The first-order chi connectivity index (χ1) is 3.72. The normalized spacial score (nSPS) is 12.9. The lowest BCUT2D eigenvalue weighted by Crippen LogP contribution is -2.24. The van der Waals surface area contributed by atoms with Gasteiger partial charge in [0.2, 0.25) is 0 Å². The van der Waals surface area contributed by atoms with E-state index in [4.69, 9.17) is 0 Å². The van der Waals surface area contributed by atoms with Crippen molar-refractivity contribution in [3.63, 3.8) is 0 Å². The quantitative estimate of drug-likeness (QED) is 0.391. The molecule has 0 aliphatic rings. The Labute approximate surface area is 47.5 Å². The SMILES string of the molecule is COC(=O)[C@H](C)ON. The number of rotatable bonds is 2. The van der Waals surface area contributed by atoms with Crippen molar-refractivity contribution >= 4 is 5.97 Å². The predicted molar refractivity (Wildman–Crippen MR) is 26.8 cm³/mol. The molecule has 0 unspecified atom stereocenters. The molecule has 8 heavy (non-hydrogen) atoms. The Bertz CT molecular complexity index is 83.4. The second-order valence-electron chi connectivity index (χ2n) is 1.30. The molecule has 0 saturated heterocycles. The van der Waals surface area contributed by atoms with Gasteiger partial charge in [-0.05, 0) is 6.92 Å². The smallest absolute Gasteiger partial charge is 0.336 e. The first kappa shape index (κ1) is 7.39. The lowest BCUT2D eigenvalue weighted by Gasteiger charge is -2.03. The predicted octanol–water partition coefficient (Wildman–Crippen LogP) is -0.562. The van der Waals surface area contributed by atoms with Crippen LogP contribution in [0.1, 0.15) is 6.92 Å². The van der Waals surface area contributed by atoms with Crippen LogP contribution in [0.4, 0.5) is 0 Å². The average Bonchev–Trinajstić information content (AvgIpc) is 1.84. The van der Waals surface area contributed by atoms with Crippen LogP contribution in [0, 0.1) is 0 Å². The highest BCUT2D eigenvalue weighted by Gasteiger charge is 2.10. The minimum atomic E-state index is -0.667. The molecular formula is C4H9NO3. The molecule has 0 aliphatic carbocycles. The van der Waals surface area contributed by atoms with Crippen LogP contribution < -0.4 is 5.90 Å². The van der Waals surface area contributed by atoms with Crippen LogP contribution in [-0.2, 0) is 14.4 Å². The van der Waals surface area contributed by atoms with E-state index in [0.29, 0.717) is 0 Å². The summed E-state index contributed by atoms with van der Waals surface area (Å²) in [7, 11) is 1.28. The van der Waals surface area contributed by atoms with Crippen molar-refractivity contribution in [2.24, 2.45) is 5.90 Å². The van der Waals surface area contributed by atoms with Gasteiger partial charge >= 0.3 is 5.97 Å². The molecule has 4 nitrogen and oxygen atoms in total. The number of methoxy groups -OCH3 is 1. The number of hydrogen-bond donors (Lipinski definition) is 1. The van der Waals surface area contributed by atoms with Crippen molar-refractivity contribution in [3.8, 4) is 0 Å². The maximum Gasteiger partial charge on any atom is 0.336 e. The molecule has 0 aromatic heterocycles. The van der Waals surface area contributed by atoms with Crippen LogP contribution in [0.3, 0.4) is 0 Å². The summed E-state index contributed by atoms with van der Waals surface area (Å²) in [6, 6.07) is 0. The summed E-state index contributed by atoms with van der Waals surface area (Å²) in [5.74, 6) is 4.18. The summed E-state index contributed by atoms with van der Waals surface area (Å²) in [5, 5.41) is 0. The molecule has 48 valence electrons. The van der Waals surface area contributed by atoms with Crippen molar-refractivity contribution in [1.29, 1.82) is 0 Å². The minimum absolute atomic E-state index is 0.465. The molecule has 0 aliphatic heterocycles. The van der Waals surface area contributed by atoms with E-state index >= 15 is 0 Å². The lowest BCUT2D eigenvalue weighted by atomic mass is 10.4. The van der Waals surface area contributed by atoms with E-state index in [2.05, 4.69) is 15.5 Å². The van der Waals surface area contributed by atoms with Gasteiger partial charge in [0.15, 0.2) is 6.10 Å². The van der Waals surface area contributed by atoms with Gasteiger partial charge in [-0.2, -0.15) is 0 Å². The maximum absolute atomic E-state index is 10.3. The van der Waals surface area contributed by atoms with Crippen molar-refractivity contribution in [2.45, 2.75) is 13.0 Å². The minimum Gasteiger partial charge on any atom is -0.467 e. The lowest BCUT2D eigenvalue weighted by molar-refractivity contribution is -0.153. The van der Waals surface area contributed by atoms with Gasteiger partial charge in [-0.1, -0.05) is 0 Å². The highest BCUT2D eigenvalue weighted by Crippen LogP contribution is 1.86. The Hall–Kier alpha value is -0.610. The molecule has 0 radical (unpaired) electrons. The summed E-state index contributed by atoms with van der Waals surface area (Å²) in [5.41, 5.74) is 0. The second-order valence-corrected chi connectivity index (χ2v) is 1.30. The summed E-state index contributed by atoms with van der Waals surface area (Å²) >= 11 is 0. The van der Waals surface area contributed by atoms with Gasteiger partial charge in [0.1, 0.15) is 0 Å². The largest absolute Gasteiger partial charge is 0.467 e. The number of nitrogens with two attached hydrogens (primary N) is 1. The molecule has 0 aromatic rings.